The predicted molar refractivity (Wildman–Crippen MR) is 134 cm³/mol. The first-order valence-corrected chi connectivity index (χ1v) is 11.6. The summed E-state index contributed by atoms with van der Waals surface area (Å²) in [4.78, 5) is 17.8. The maximum absolute atomic E-state index is 13.4. The van der Waals surface area contributed by atoms with Gasteiger partial charge in [0.25, 0.3) is 5.56 Å². The van der Waals surface area contributed by atoms with Crippen molar-refractivity contribution in [1.82, 2.24) is 9.66 Å². The van der Waals surface area contributed by atoms with Gasteiger partial charge in [-0.1, -0.05) is 24.3 Å². The van der Waals surface area contributed by atoms with Crippen molar-refractivity contribution in [2.45, 2.75) is 6.18 Å². The Labute approximate surface area is 214 Å². The molecule has 0 radical (unpaired) electrons. The molecule has 0 saturated heterocycles. The number of aromatic nitrogens is 2. The lowest BCUT2D eigenvalue weighted by Crippen LogP contribution is -2.20. The van der Waals surface area contributed by atoms with Gasteiger partial charge in [0.1, 0.15) is 0 Å². The summed E-state index contributed by atoms with van der Waals surface area (Å²) in [6, 6.07) is 12.8. The second-order valence-corrected chi connectivity index (χ2v) is 8.81. The van der Waals surface area contributed by atoms with Crippen LogP contribution in [0, 0.1) is 0 Å². The number of fused-ring (bicyclic) bond motifs is 1. The summed E-state index contributed by atoms with van der Waals surface area (Å²) in [5, 5.41) is 4.59. The zero-order valence-corrected chi connectivity index (χ0v) is 21.4. The summed E-state index contributed by atoms with van der Waals surface area (Å²) in [5.41, 5.74) is -0.446. The first-order valence-electron chi connectivity index (χ1n) is 9.99. The van der Waals surface area contributed by atoms with Crippen LogP contribution in [-0.2, 0) is 6.18 Å². The molecule has 0 aliphatic carbocycles. The molecule has 35 heavy (non-hydrogen) atoms. The highest BCUT2D eigenvalue weighted by Gasteiger charge is 2.31. The van der Waals surface area contributed by atoms with Crippen LogP contribution in [0.3, 0.4) is 0 Å². The van der Waals surface area contributed by atoms with Crippen molar-refractivity contribution in [3.8, 4) is 22.9 Å². The molecule has 4 aromatic rings. The SMILES string of the molecule is COc1cc(C=Nn2c(-c3cccc(C(F)(F)F)c3)nc3ccccc3c2=O)c(Br)c(Br)c1OC. The molecule has 0 N–H and O–H groups in total. The maximum Gasteiger partial charge on any atom is 0.416 e. The fourth-order valence-corrected chi connectivity index (χ4v) is 4.40. The monoisotopic (exact) mass is 609 g/mol. The molecule has 1 heterocycles. The minimum absolute atomic E-state index is 0.0354. The smallest absolute Gasteiger partial charge is 0.416 e. The Morgan fingerprint density at radius 1 is 1.00 bits per heavy atom. The van der Waals surface area contributed by atoms with Crippen LogP contribution in [0.25, 0.3) is 22.3 Å². The van der Waals surface area contributed by atoms with E-state index in [1.165, 1.54) is 32.6 Å². The number of benzene rings is 3. The van der Waals surface area contributed by atoms with Gasteiger partial charge in [-0.15, -0.1) is 0 Å². The molecule has 0 bridgehead atoms. The molecule has 0 aliphatic rings. The minimum atomic E-state index is -4.56. The van der Waals surface area contributed by atoms with E-state index in [1.807, 2.05) is 0 Å². The molecule has 0 spiro atoms. The molecular weight excluding hydrogens is 595 g/mol. The zero-order valence-electron chi connectivity index (χ0n) is 18.2. The number of rotatable bonds is 5. The van der Waals surface area contributed by atoms with Gasteiger partial charge in [-0.2, -0.15) is 22.9 Å². The fraction of sp³-hybridized carbons (Fsp3) is 0.125. The molecular formula is C24H16Br2F3N3O3. The maximum atomic E-state index is 13.4. The van der Waals surface area contributed by atoms with Crippen molar-refractivity contribution < 1.29 is 22.6 Å². The summed E-state index contributed by atoms with van der Waals surface area (Å²) in [7, 11) is 2.97. The van der Waals surface area contributed by atoms with Crippen molar-refractivity contribution in [2.24, 2.45) is 5.10 Å². The van der Waals surface area contributed by atoms with Crippen LogP contribution in [-0.4, -0.2) is 30.1 Å². The Kier molecular flexibility index (Phi) is 7.00. The molecule has 6 nitrogen and oxygen atoms in total. The molecule has 0 fully saturated rings. The van der Waals surface area contributed by atoms with Crippen LogP contribution in [0.5, 0.6) is 11.5 Å². The molecule has 4 rings (SSSR count). The Morgan fingerprint density at radius 2 is 1.74 bits per heavy atom. The van der Waals surface area contributed by atoms with E-state index in [0.717, 1.165) is 16.8 Å². The quantitative estimate of drug-likeness (QED) is 0.242. The highest BCUT2D eigenvalue weighted by atomic mass is 79.9. The lowest BCUT2D eigenvalue weighted by atomic mass is 10.1. The number of alkyl halides is 3. The molecule has 0 aliphatic heterocycles. The number of hydrogen-bond donors (Lipinski definition) is 0. The molecule has 0 saturated carbocycles. The molecule has 0 unspecified atom stereocenters. The van der Waals surface area contributed by atoms with Gasteiger partial charge in [0.05, 0.1) is 41.4 Å². The van der Waals surface area contributed by atoms with Gasteiger partial charge in [0.2, 0.25) is 0 Å². The van der Waals surface area contributed by atoms with Gasteiger partial charge < -0.3 is 9.47 Å². The standard InChI is InChI=1S/C24H16Br2F3N3O3/c1-34-18-11-14(19(25)20(26)21(18)35-2)12-30-32-22(13-6-5-7-15(10-13)24(27,28)29)31-17-9-4-3-8-16(17)23(32)33/h3-12H,1-2H3. The van der Waals surface area contributed by atoms with E-state index in [9.17, 15) is 18.0 Å². The molecule has 3 aromatic carbocycles. The Bertz CT molecular complexity index is 1520. The summed E-state index contributed by atoms with van der Waals surface area (Å²) in [6.45, 7) is 0. The third kappa shape index (κ3) is 4.83. The van der Waals surface area contributed by atoms with Crippen LogP contribution in [0.4, 0.5) is 13.2 Å². The van der Waals surface area contributed by atoms with E-state index in [1.54, 1.807) is 30.3 Å². The van der Waals surface area contributed by atoms with Gasteiger partial charge in [-0.05, 0) is 62.2 Å². The second kappa shape index (κ2) is 9.82. The van der Waals surface area contributed by atoms with Gasteiger partial charge >= 0.3 is 6.18 Å². The summed E-state index contributed by atoms with van der Waals surface area (Å²) >= 11 is 6.89. The first kappa shape index (κ1) is 24.9. The fourth-order valence-electron chi connectivity index (χ4n) is 3.41. The van der Waals surface area contributed by atoms with Crippen LogP contribution < -0.4 is 15.0 Å². The number of hydrogen-bond acceptors (Lipinski definition) is 5. The van der Waals surface area contributed by atoms with E-state index in [0.29, 0.717) is 31.5 Å². The average molecular weight is 611 g/mol. The predicted octanol–water partition coefficient (Wildman–Crippen LogP) is 6.51. The lowest BCUT2D eigenvalue weighted by molar-refractivity contribution is -0.137. The van der Waals surface area contributed by atoms with Crippen molar-refractivity contribution in [3.63, 3.8) is 0 Å². The summed E-state index contributed by atoms with van der Waals surface area (Å²) in [6.07, 6.45) is -3.18. The largest absolute Gasteiger partial charge is 0.493 e. The van der Waals surface area contributed by atoms with Crippen LogP contribution in [0.15, 0.2) is 73.4 Å². The number of para-hydroxylation sites is 1. The van der Waals surface area contributed by atoms with E-state index < -0.39 is 17.3 Å². The van der Waals surface area contributed by atoms with E-state index in [4.69, 9.17) is 9.47 Å². The summed E-state index contributed by atoms with van der Waals surface area (Å²) in [5.74, 6) is 0.823. The lowest BCUT2D eigenvalue weighted by Gasteiger charge is -2.13. The number of nitrogens with zero attached hydrogens (tertiary/aromatic N) is 3. The van der Waals surface area contributed by atoms with E-state index in [2.05, 4.69) is 41.9 Å². The van der Waals surface area contributed by atoms with Gasteiger partial charge in [0, 0.05) is 15.6 Å². The number of methoxy groups -OCH3 is 2. The average Bonchev–Trinajstić information content (AvgIpc) is 2.85. The number of halogens is 5. The highest BCUT2D eigenvalue weighted by molar-refractivity contribution is 9.13. The van der Waals surface area contributed by atoms with Crippen LogP contribution >= 0.6 is 31.9 Å². The van der Waals surface area contributed by atoms with Crippen LogP contribution in [0.2, 0.25) is 0 Å². The Hall–Kier alpha value is -3.18. The molecule has 0 amide bonds. The Morgan fingerprint density at radius 3 is 2.43 bits per heavy atom. The normalized spacial score (nSPS) is 11.9. The minimum Gasteiger partial charge on any atom is -0.493 e. The molecule has 1 aromatic heterocycles. The van der Waals surface area contributed by atoms with Gasteiger partial charge in [0.15, 0.2) is 17.3 Å². The topological polar surface area (TPSA) is 65.7 Å². The van der Waals surface area contributed by atoms with Crippen LogP contribution in [0.1, 0.15) is 11.1 Å². The van der Waals surface area contributed by atoms with Crippen molar-refractivity contribution in [1.29, 1.82) is 0 Å². The second-order valence-electron chi connectivity index (χ2n) is 7.22. The number of ether oxygens (including phenoxy) is 2. The molecule has 0 atom stereocenters. The first-order chi connectivity index (χ1) is 16.7. The Balaban J connectivity index is 1.95. The zero-order chi connectivity index (χ0) is 25.3. The third-order valence-corrected chi connectivity index (χ3v) is 7.24. The van der Waals surface area contributed by atoms with Crippen molar-refractivity contribution in [3.05, 3.63) is 85.0 Å². The van der Waals surface area contributed by atoms with E-state index in [-0.39, 0.29) is 16.8 Å². The third-order valence-electron chi connectivity index (χ3n) is 5.09. The van der Waals surface area contributed by atoms with E-state index >= 15 is 0 Å². The summed E-state index contributed by atoms with van der Waals surface area (Å²) < 4.78 is 52.9. The molecule has 11 heteroatoms. The van der Waals surface area contributed by atoms with Crippen molar-refractivity contribution >= 4 is 49.0 Å². The van der Waals surface area contributed by atoms with Gasteiger partial charge in [-0.25, -0.2) is 4.98 Å². The van der Waals surface area contributed by atoms with Gasteiger partial charge in [-0.3, -0.25) is 4.79 Å². The molecule has 180 valence electrons. The van der Waals surface area contributed by atoms with Crippen molar-refractivity contribution in [2.75, 3.05) is 14.2 Å². The highest BCUT2D eigenvalue weighted by Crippen LogP contribution is 2.42.